The van der Waals surface area contributed by atoms with Crippen LogP contribution < -0.4 is 0 Å². The van der Waals surface area contributed by atoms with Crippen molar-refractivity contribution in [3.8, 4) is 0 Å². The normalized spacial score (nSPS) is 21.8. The van der Waals surface area contributed by atoms with E-state index in [1.807, 2.05) is 6.07 Å². The van der Waals surface area contributed by atoms with Crippen LogP contribution in [0.1, 0.15) is 31.2 Å². The Balaban J connectivity index is 1.92. The molecule has 1 N–H and O–H groups in total. The Morgan fingerprint density at radius 1 is 1.28 bits per heavy atom. The monoisotopic (exact) mass is 288 g/mol. The lowest BCUT2D eigenvalue weighted by Crippen LogP contribution is -2.25. The van der Waals surface area contributed by atoms with Gasteiger partial charge in [-0.25, -0.2) is 0 Å². The van der Waals surface area contributed by atoms with Gasteiger partial charge < -0.3 is 9.84 Å². The van der Waals surface area contributed by atoms with Gasteiger partial charge in [-0.3, -0.25) is 0 Å². The molecule has 0 saturated carbocycles. The van der Waals surface area contributed by atoms with Crippen LogP contribution in [-0.4, -0.2) is 23.9 Å². The molecule has 0 spiro atoms. The number of rotatable bonds is 4. The van der Waals surface area contributed by atoms with Gasteiger partial charge in [0.15, 0.2) is 0 Å². The topological polar surface area (TPSA) is 29.5 Å². The fraction of sp³-hybridized carbons (Fsp3) is 0.571. The largest absolute Gasteiger partial charge is 0.393 e. The molecule has 100 valence electrons. The summed E-state index contributed by atoms with van der Waals surface area (Å²) in [7, 11) is 0. The van der Waals surface area contributed by atoms with Crippen molar-refractivity contribution in [2.75, 3.05) is 6.61 Å². The lowest BCUT2D eigenvalue weighted by Gasteiger charge is -2.25. The molecule has 2 unspecified atom stereocenters. The van der Waals surface area contributed by atoms with Gasteiger partial charge in [-0.1, -0.05) is 29.3 Å². The minimum absolute atomic E-state index is 0.176. The van der Waals surface area contributed by atoms with Gasteiger partial charge in [0.25, 0.3) is 0 Å². The van der Waals surface area contributed by atoms with Crippen molar-refractivity contribution >= 4 is 23.2 Å². The van der Waals surface area contributed by atoms with Gasteiger partial charge in [-0.2, -0.15) is 0 Å². The third kappa shape index (κ3) is 3.86. The summed E-state index contributed by atoms with van der Waals surface area (Å²) >= 11 is 12.2. The van der Waals surface area contributed by atoms with E-state index in [1.165, 1.54) is 6.42 Å². The van der Waals surface area contributed by atoms with Crippen LogP contribution in [0.2, 0.25) is 10.0 Å². The standard InChI is InChI=1S/C14H18Cl2O2/c15-13-5-3-6-14(16)12(13)9-10(17)8-11-4-1-2-7-18-11/h3,5-6,10-11,17H,1-2,4,7-9H2. The van der Waals surface area contributed by atoms with Gasteiger partial charge in [0.1, 0.15) is 0 Å². The molecule has 0 bridgehead atoms. The number of ether oxygens (including phenoxy) is 1. The molecule has 0 aromatic heterocycles. The van der Waals surface area contributed by atoms with Gasteiger partial charge in [0.2, 0.25) is 0 Å². The molecule has 1 saturated heterocycles. The second-order valence-corrected chi connectivity index (χ2v) is 5.60. The summed E-state index contributed by atoms with van der Waals surface area (Å²) in [5.41, 5.74) is 0.823. The first-order valence-corrected chi connectivity index (χ1v) is 7.15. The maximum Gasteiger partial charge on any atom is 0.0606 e. The molecule has 2 nitrogen and oxygen atoms in total. The molecule has 1 aromatic rings. The van der Waals surface area contributed by atoms with E-state index in [4.69, 9.17) is 27.9 Å². The second kappa shape index (κ2) is 6.76. The van der Waals surface area contributed by atoms with Crippen LogP contribution in [-0.2, 0) is 11.2 Å². The Bertz CT molecular complexity index is 369. The molecule has 2 atom stereocenters. The van der Waals surface area contributed by atoms with Crippen LogP contribution in [0, 0.1) is 0 Å². The summed E-state index contributed by atoms with van der Waals surface area (Å²) < 4.78 is 5.62. The molecular formula is C14H18Cl2O2. The Kier molecular flexibility index (Phi) is 5.31. The summed E-state index contributed by atoms with van der Waals surface area (Å²) in [4.78, 5) is 0. The van der Waals surface area contributed by atoms with Crippen LogP contribution in [0.4, 0.5) is 0 Å². The van der Waals surface area contributed by atoms with Gasteiger partial charge in [0.05, 0.1) is 12.2 Å². The van der Waals surface area contributed by atoms with E-state index in [2.05, 4.69) is 0 Å². The molecule has 0 amide bonds. The first kappa shape index (κ1) is 14.1. The van der Waals surface area contributed by atoms with Crippen LogP contribution in [0.15, 0.2) is 18.2 Å². The van der Waals surface area contributed by atoms with Crippen molar-refractivity contribution in [2.45, 2.75) is 44.3 Å². The third-order valence-electron chi connectivity index (χ3n) is 3.31. The van der Waals surface area contributed by atoms with E-state index in [9.17, 15) is 5.11 Å². The first-order chi connectivity index (χ1) is 8.66. The summed E-state index contributed by atoms with van der Waals surface area (Å²) in [6.07, 6.45) is 4.21. The molecule has 1 fully saturated rings. The number of halogens is 2. The predicted molar refractivity (Wildman–Crippen MR) is 74.4 cm³/mol. The van der Waals surface area contributed by atoms with Gasteiger partial charge in [-0.05, 0) is 43.4 Å². The Morgan fingerprint density at radius 3 is 2.61 bits per heavy atom. The first-order valence-electron chi connectivity index (χ1n) is 6.39. The highest BCUT2D eigenvalue weighted by Crippen LogP contribution is 2.27. The zero-order chi connectivity index (χ0) is 13.0. The van der Waals surface area contributed by atoms with Crippen molar-refractivity contribution < 1.29 is 9.84 Å². The highest BCUT2D eigenvalue weighted by molar-refractivity contribution is 6.35. The maximum absolute atomic E-state index is 10.1. The molecule has 1 aliphatic heterocycles. The fourth-order valence-electron chi connectivity index (χ4n) is 2.34. The number of aliphatic hydroxyl groups excluding tert-OH is 1. The van der Waals surface area contributed by atoms with Crippen molar-refractivity contribution in [3.63, 3.8) is 0 Å². The molecule has 1 aromatic carbocycles. The molecule has 18 heavy (non-hydrogen) atoms. The zero-order valence-corrected chi connectivity index (χ0v) is 11.8. The summed E-state index contributed by atoms with van der Waals surface area (Å²) in [5.74, 6) is 0. The van der Waals surface area contributed by atoms with Crippen molar-refractivity contribution in [1.82, 2.24) is 0 Å². The lowest BCUT2D eigenvalue weighted by molar-refractivity contribution is -0.0147. The maximum atomic E-state index is 10.1. The van der Waals surface area contributed by atoms with Crippen molar-refractivity contribution in [3.05, 3.63) is 33.8 Å². The summed E-state index contributed by atoms with van der Waals surface area (Å²) in [5, 5.41) is 11.3. The quantitative estimate of drug-likeness (QED) is 0.912. The summed E-state index contributed by atoms with van der Waals surface area (Å²) in [6, 6.07) is 5.41. The number of hydrogen-bond donors (Lipinski definition) is 1. The third-order valence-corrected chi connectivity index (χ3v) is 4.02. The Labute approximate surface area is 118 Å². The van der Waals surface area contributed by atoms with Crippen molar-refractivity contribution in [1.29, 1.82) is 0 Å². The molecule has 2 rings (SSSR count). The van der Waals surface area contributed by atoms with Crippen molar-refractivity contribution in [2.24, 2.45) is 0 Å². The molecule has 1 aliphatic rings. The van der Waals surface area contributed by atoms with Crippen LogP contribution in [0.5, 0.6) is 0 Å². The highest BCUT2D eigenvalue weighted by atomic mass is 35.5. The predicted octanol–water partition coefficient (Wildman–Crippen LogP) is 3.86. The van der Waals surface area contributed by atoms with Crippen LogP contribution >= 0.6 is 23.2 Å². The Morgan fingerprint density at radius 2 is 2.00 bits per heavy atom. The van der Waals surface area contributed by atoms with Gasteiger partial charge >= 0.3 is 0 Å². The fourth-order valence-corrected chi connectivity index (χ4v) is 2.89. The molecular weight excluding hydrogens is 271 g/mol. The SMILES string of the molecule is OC(Cc1c(Cl)cccc1Cl)CC1CCCCO1. The van der Waals surface area contributed by atoms with E-state index in [0.29, 0.717) is 22.9 Å². The van der Waals surface area contributed by atoms with E-state index < -0.39 is 6.10 Å². The molecule has 4 heteroatoms. The molecule has 1 heterocycles. The van der Waals surface area contributed by atoms with E-state index in [-0.39, 0.29) is 6.10 Å². The molecule has 0 aliphatic carbocycles. The zero-order valence-electron chi connectivity index (χ0n) is 10.2. The average Bonchev–Trinajstić information content (AvgIpc) is 2.35. The number of aliphatic hydroxyl groups is 1. The van der Waals surface area contributed by atoms with Crippen LogP contribution in [0.3, 0.4) is 0 Å². The van der Waals surface area contributed by atoms with E-state index in [1.54, 1.807) is 12.1 Å². The smallest absolute Gasteiger partial charge is 0.0606 e. The average molecular weight is 289 g/mol. The van der Waals surface area contributed by atoms with Gasteiger partial charge in [0, 0.05) is 23.1 Å². The van der Waals surface area contributed by atoms with E-state index >= 15 is 0 Å². The lowest BCUT2D eigenvalue weighted by atomic mass is 9.99. The summed E-state index contributed by atoms with van der Waals surface area (Å²) in [6.45, 7) is 0.810. The Hall–Kier alpha value is -0.280. The number of hydrogen-bond acceptors (Lipinski definition) is 2. The minimum Gasteiger partial charge on any atom is -0.393 e. The van der Waals surface area contributed by atoms with E-state index in [0.717, 1.165) is 25.0 Å². The van der Waals surface area contributed by atoms with Crippen LogP contribution in [0.25, 0.3) is 0 Å². The minimum atomic E-state index is -0.453. The number of benzene rings is 1. The highest BCUT2D eigenvalue weighted by Gasteiger charge is 2.19. The van der Waals surface area contributed by atoms with Gasteiger partial charge in [-0.15, -0.1) is 0 Å². The second-order valence-electron chi connectivity index (χ2n) is 4.78. The molecule has 0 radical (unpaired) electrons.